The summed E-state index contributed by atoms with van der Waals surface area (Å²) in [6.07, 6.45) is 0. The number of anilines is 1. The van der Waals surface area contributed by atoms with Gasteiger partial charge in [-0.25, -0.2) is 4.79 Å². The van der Waals surface area contributed by atoms with Gasteiger partial charge in [0.2, 0.25) is 0 Å². The Morgan fingerprint density at radius 3 is 2.09 bits per heavy atom. The van der Waals surface area contributed by atoms with Crippen molar-refractivity contribution in [1.29, 1.82) is 0 Å². The molecule has 0 aliphatic carbocycles. The van der Waals surface area contributed by atoms with Crippen molar-refractivity contribution < 1.29 is 14.7 Å². The van der Waals surface area contributed by atoms with Crippen LogP contribution in [-0.4, -0.2) is 22.0 Å². The molecule has 2 rings (SSSR count). The third kappa shape index (κ3) is 3.80. The van der Waals surface area contributed by atoms with Crippen molar-refractivity contribution in [2.45, 2.75) is 39.5 Å². The molecule has 3 N–H and O–H groups in total. The molecule has 0 unspecified atom stereocenters. The lowest BCUT2D eigenvalue weighted by atomic mass is 9.98. The number of aromatic amines is 1. The topological polar surface area (TPSA) is 82.2 Å². The first-order valence-electron chi connectivity index (χ1n) is 7.67. The van der Waals surface area contributed by atoms with Crippen LogP contribution in [0, 0.1) is 0 Å². The number of benzene rings is 1. The molecule has 0 saturated heterocycles. The maximum absolute atomic E-state index is 12.4. The first-order valence-corrected chi connectivity index (χ1v) is 7.67. The van der Waals surface area contributed by atoms with Gasteiger partial charge in [0.15, 0.2) is 0 Å². The van der Waals surface area contributed by atoms with Crippen LogP contribution in [0.3, 0.4) is 0 Å². The molecule has 0 bridgehead atoms. The van der Waals surface area contributed by atoms with Crippen LogP contribution in [-0.2, 0) is 0 Å². The number of carbonyl (C=O) groups is 2. The molecular weight excluding hydrogens is 292 g/mol. The minimum atomic E-state index is -0.990. The highest BCUT2D eigenvalue weighted by Crippen LogP contribution is 2.27. The van der Waals surface area contributed by atoms with Crippen LogP contribution in [0.25, 0.3) is 0 Å². The molecule has 0 aliphatic rings. The zero-order chi connectivity index (χ0) is 17.1. The molecular formula is C18H22N2O3. The Morgan fingerprint density at radius 1 is 1.04 bits per heavy atom. The normalized spacial score (nSPS) is 11.0. The Hall–Kier alpha value is -2.56. The van der Waals surface area contributed by atoms with E-state index in [1.54, 1.807) is 12.1 Å². The lowest BCUT2D eigenvalue weighted by Gasteiger charge is -2.09. The average Bonchev–Trinajstić information content (AvgIpc) is 2.93. The van der Waals surface area contributed by atoms with Gasteiger partial charge in [-0.05, 0) is 47.7 Å². The van der Waals surface area contributed by atoms with E-state index in [-0.39, 0.29) is 11.5 Å². The van der Waals surface area contributed by atoms with Gasteiger partial charge in [0.1, 0.15) is 5.69 Å². The standard InChI is InChI=1S/C18H22N2O3/c1-10(2)14-9-15(20-16(14)11(3)4)17(21)19-13-7-5-12(6-8-13)18(22)23/h5-11,20H,1-4H3,(H,19,21)(H,22,23). The van der Waals surface area contributed by atoms with Crippen LogP contribution in [0.4, 0.5) is 5.69 Å². The zero-order valence-electron chi connectivity index (χ0n) is 13.8. The molecule has 0 saturated carbocycles. The Morgan fingerprint density at radius 2 is 1.65 bits per heavy atom. The van der Waals surface area contributed by atoms with Crippen LogP contribution >= 0.6 is 0 Å². The van der Waals surface area contributed by atoms with Crippen molar-refractivity contribution in [3.05, 3.63) is 52.8 Å². The summed E-state index contributed by atoms with van der Waals surface area (Å²) in [6, 6.07) is 7.98. The molecule has 0 atom stereocenters. The van der Waals surface area contributed by atoms with Crippen LogP contribution < -0.4 is 5.32 Å². The van der Waals surface area contributed by atoms with E-state index in [4.69, 9.17) is 5.11 Å². The first kappa shape index (κ1) is 16.8. The van der Waals surface area contributed by atoms with Crippen LogP contribution in [0.15, 0.2) is 30.3 Å². The predicted octanol–water partition coefficient (Wildman–Crippen LogP) is 4.21. The quantitative estimate of drug-likeness (QED) is 0.773. The van der Waals surface area contributed by atoms with E-state index in [1.807, 2.05) is 6.07 Å². The maximum Gasteiger partial charge on any atom is 0.335 e. The van der Waals surface area contributed by atoms with Crippen LogP contribution in [0.1, 0.15) is 71.6 Å². The molecule has 0 spiro atoms. The Bertz CT molecular complexity index is 687. The third-order valence-corrected chi connectivity index (χ3v) is 3.71. The second-order valence-electron chi connectivity index (χ2n) is 6.20. The van der Waals surface area contributed by atoms with Crippen LogP contribution in [0.5, 0.6) is 0 Å². The summed E-state index contributed by atoms with van der Waals surface area (Å²) in [7, 11) is 0. The van der Waals surface area contributed by atoms with Gasteiger partial charge >= 0.3 is 5.97 Å². The maximum atomic E-state index is 12.4. The Kier molecular flexibility index (Phi) is 4.89. The Balaban J connectivity index is 2.20. The number of aromatic nitrogens is 1. The van der Waals surface area contributed by atoms with E-state index in [9.17, 15) is 9.59 Å². The largest absolute Gasteiger partial charge is 0.478 e. The molecule has 1 aromatic carbocycles. The molecule has 122 valence electrons. The van der Waals surface area contributed by atoms with Crippen molar-refractivity contribution in [2.75, 3.05) is 5.32 Å². The van der Waals surface area contributed by atoms with Crippen molar-refractivity contribution in [2.24, 2.45) is 0 Å². The van der Waals surface area contributed by atoms with Crippen LogP contribution in [0.2, 0.25) is 0 Å². The number of hydrogen-bond acceptors (Lipinski definition) is 2. The molecule has 5 heteroatoms. The molecule has 23 heavy (non-hydrogen) atoms. The van der Waals surface area contributed by atoms with E-state index in [0.717, 1.165) is 11.3 Å². The number of nitrogens with one attached hydrogen (secondary N) is 2. The number of carbonyl (C=O) groups excluding carboxylic acids is 1. The number of hydrogen-bond donors (Lipinski definition) is 3. The summed E-state index contributed by atoms with van der Waals surface area (Å²) in [5, 5.41) is 11.7. The summed E-state index contributed by atoms with van der Waals surface area (Å²) in [5.74, 6) is -0.582. The highest BCUT2D eigenvalue weighted by Gasteiger charge is 2.18. The monoisotopic (exact) mass is 314 g/mol. The number of carboxylic acid groups (broad SMARTS) is 1. The summed E-state index contributed by atoms with van der Waals surface area (Å²) in [4.78, 5) is 26.4. The number of H-pyrrole nitrogens is 1. The van der Waals surface area contributed by atoms with E-state index in [2.05, 4.69) is 38.0 Å². The third-order valence-electron chi connectivity index (χ3n) is 3.71. The molecule has 0 aliphatic heterocycles. The molecule has 2 aromatic rings. The number of amides is 1. The van der Waals surface area contributed by atoms with E-state index < -0.39 is 5.97 Å². The van der Waals surface area contributed by atoms with Gasteiger partial charge in [-0.15, -0.1) is 0 Å². The fraction of sp³-hybridized carbons (Fsp3) is 0.333. The van der Waals surface area contributed by atoms with E-state index >= 15 is 0 Å². The lowest BCUT2D eigenvalue weighted by molar-refractivity contribution is 0.0696. The molecule has 1 heterocycles. The average molecular weight is 314 g/mol. The summed E-state index contributed by atoms with van der Waals surface area (Å²) >= 11 is 0. The fourth-order valence-electron chi connectivity index (χ4n) is 2.46. The van der Waals surface area contributed by atoms with E-state index in [1.165, 1.54) is 12.1 Å². The van der Waals surface area contributed by atoms with Gasteiger partial charge < -0.3 is 15.4 Å². The number of aromatic carboxylic acids is 1. The minimum Gasteiger partial charge on any atom is -0.478 e. The summed E-state index contributed by atoms with van der Waals surface area (Å²) in [5.41, 5.74) is 3.48. The fourth-order valence-corrected chi connectivity index (χ4v) is 2.46. The van der Waals surface area contributed by atoms with Gasteiger partial charge in [0, 0.05) is 11.4 Å². The zero-order valence-corrected chi connectivity index (χ0v) is 13.8. The molecule has 0 radical (unpaired) electrons. The summed E-state index contributed by atoms with van der Waals surface area (Å²) in [6.45, 7) is 8.37. The van der Waals surface area contributed by atoms with Gasteiger partial charge in [0.25, 0.3) is 5.91 Å². The molecule has 5 nitrogen and oxygen atoms in total. The van der Waals surface area contributed by atoms with Crippen molar-refractivity contribution in [3.63, 3.8) is 0 Å². The van der Waals surface area contributed by atoms with Gasteiger partial charge in [-0.3, -0.25) is 4.79 Å². The first-order chi connectivity index (χ1) is 10.8. The molecule has 0 fully saturated rings. The molecule has 1 aromatic heterocycles. The summed E-state index contributed by atoms with van der Waals surface area (Å²) < 4.78 is 0. The number of carboxylic acids is 1. The van der Waals surface area contributed by atoms with E-state index in [0.29, 0.717) is 23.2 Å². The van der Waals surface area contributed by atoms with Gasteiger partial charge in [-0.2, -0.15) is 0 Å². The highest BCUT2D eigenvalue weighted by atomic mass is 16.4. The molecule has 1 amide bonds. The van der Waals surface area contributed by atoms with Crippen molar-refractivity contribution in [3.8, 4) is 0 Å². The Labute approximate surface area is 135 Å². The van der Waals surface area contributed by atoms with Crippen molar-refractivity contribution >= 4 is 17.6 Å². The SMILES string of the molecule is CC(C)c1cc(C(=O)Nc2ccc(C(=O)O)cc2)[nH]c1C(C)C. The lowest BCUT2D eigenvalue weighted by Crippen LogP contribution is -2.12. The van der Waals surface area contributed by atoms with Gasteiger partial charge in [0.05, 0.1) is 5.56 Å². The van der Waals surface area contributed by atoms with Gasteiger partial charge in [-0.1, -0.05) is 27.7 Å². The van der Waals surface area contributed by atoms with Crippen molar-refractivity contribution in [1.82, 2.24) is 4.98 Å². The highest BCUT2D eigenvalue weighted by molar-refractivity contribution is 6.03. The smallest absolute Gasteiger partial charge is 0.335 e. The predicted molar refractivity (Wildman–Crippen MR) is 90.3 cm³/mol. The number of rotatable bonds is 5. The second-order valence-corrected chi connectivity index (χ2v) is 6.20. The minimum absolute atomic E-state index is 0.187. The second kappa shape index (κ2) is 6.69.